The normalized spacial score (nSPS) is 14.5. The predicted octanol–water partition coefficient (Wildman–Crippen LogP) is 6.27. The van der Waals surface area contributed by atoms with E-state index in [4.69, 9.17) is 4.74 Å². The first-order chi connectivity index (χ1) is 15.2. The molecule has 1 fully saturated rings. The smallest absolute Gasteiger partial charge is 0.306 e. The minimum Gasteiger partial charge on any atom is -0.466 e. The second-order valence-corrected chi connectivity index (χ2v) is 8.49. The number of carbonyl (C=O) groups excluding carboxylic acids is 1. The van der Waals surface area contributed by atoms with Crippen molar-refractivity contribution in [3.63, 3.8) is 0 Å². The Hall–Kier alpha value is -3.07. The second kappa shape index (κ2) is 9.82. The standard InChI is InChI=1S/C28H31NO2/c1-2-31-27(30)20-28(18-9-19-28)25-14-16-26(17-15-25)29(21-23-10-5-3-6-11-23)22-24-12-7-4-8-13-24/h3-8,10-17H,2,9,18-22H2,1H3. The number of hydrogen-bond acceptors (Lipinski definition) is 3. The van der Waals surface area contributed by atoms with Crippen LogP contribution in [0.1, 0.15) is 49.3 Å². The number of carbonyl (C=O) groups is 1. The molecule has 0 aliphatic heterocycles. The monoisotopic (exact) mass is 413 g/mol. The predicted molar refractivity (Wildman–Crippen MR) is 126 cm³/mol. The van der Waals surface area contributed by atoms with Crippen LogP contribution >= 0.6 is 0 Å². The highest BCUT2D eigenvalue weighted by molar-refractivity contribution is 5.72. The van der Waals surface area contributed by atoms with Gasteiger partial charge in [-0.15, -0.1) is 0 Å². The van der Waals surface area contributed by atoms with Gasteiger partial charge in [0.25, 0.3) is 0 Å². The van der Waals surface area contributed by atoms with Gasteiger partial charge < -0.3 is 9.64 Å². The van der Waals surface area contributed by atoms with Crippen LogP contribution in [0, 0.1) is 0 Å². The van der Waals surface area contributed by atoms with Crippen molar-refractivity contribution in [1.82, 2.24) is 0 Å². The molecule has 31 heavy (non-hydrogen) atoms. The van der Waals surface area contributed by atoms with Crippen molar-refractivity contribution in [1.29, 1.82) is 0 Å². The maximum atomic E-state index is 12.2. The summed E-state index contributed by atoms with van der Waals surface area (Å²) in [4.78, 5) is 14.6. The van der Waals surface area contributed by atoms with E-state index in [9.17, 15) is 4.79 Å². The number of hydrogen-bond donors (Lipinski definition) is 0. The molecule has 0 heterocycles. The van der Waals surface area contributed by atoms with Crippen LogP contribution in [-0.2, 0) is 28.0 Å². The third-order valence-electron chi connectivity index (χ3n) is 6.38. The lowest BCUT2D eigenvalue weighted by Gasteiger charge is -2.42. The lowest BCUT2D eigenvalue weighted by atomic mass is 9.62. The van der Waals surface area contributed by atoms with Crippen LogP contribution in [0.25, 0.3) is 0 Å². The Bertz CT molecular complexity index is 921. The van der Waals surface area contributed by atoms with Gasteiger partial charge in [-0.3, -0.25) is 4.79 Å². The number of esters is 1. The first-order valence-electron chi connectivity index (χ1n) is 11.3. The molecule has 1 aliphatic carbocycles. The summed E-state index contributed by atoms with van der Waals surface area (Å²) in [5.74, 6) is -0.0824. The van der Waals surface area contributed by atoms with Crippen LogP contribution in [0.15, 0.2) is 84.9 Å². The quantitative estimate of drug-likeness (QED) is 0.387. The Labute approximate surface area is 185 Å². The van der Waals surface area contributed by atoms with Crippen molar-refractivity contribution < 1.29 is 9.53 Å². The molecule has 0 N–H and O–H groups in total. The lowest BCUT2D eigenvalue weighted by Crippen LogP contribution is -2.37. The molecule has 0 atom stereocenters. The average Bonchev–Trinajstić information content (AvgIpc) is 2.78. The van der Waals surface area contributed by atoms with E-state index in [1.807, 2.05) is 6.92 Å². The zero-order valence-corrected chi connectivity index (χ0v) is 18.3. The van der Waals surface area contributed by atoms with Crippen molar-refractivity contribution in [3.8, 4) is 0 Å². The molecule has 3 aromatic carbocycles. The summed E-state index contributed by atoms with van der Waals surface area (Å²) in [7, 11) is 0. The van der Waals surface area contributed by atoms with Crippen molar-refractivity contribution >= 4 is 11.7 Å². The van der Waals surface area contributed by atoms with Crippen molar-refractivity contribution in [2.45, 2.75) is 51.1 Å². The fourth-order valence-corrected chi connectivity index (χ4v) is 4.53. The molecule has 0 saturated heterocycles. The Morgan fingerprint density at radius 1 is 0.839 bits per heavy atom. The van der Waals surface area contributed by atoms with E-state index in [0.717, 1.165) is 25.9 Å². The van der Waals surface area contributed by atoms with E-state index in [-0.39, 0.29) is 11.4 Å². The third kappa shape index (κ3) is 5.16. The van der Waals surface area contributed by atoms with E-state index in [1.165, 1.54) is 28.8 Å². The second-order valence-electron chi connectivity index (χ2n) is 8.49. The minimum absolute atomic E-state index is 0.0471. The van der Waals surface area contributed by atoms with Gasteiger partial charge in [-0.25, -0.2) is 0 Å². The van der Waals surface area contributed by atoms with Crippen LogP contribution < -0.4 is 4.90 Å². The molecule has 0 amide bonds. The van der Waals surface area contributed by atoms with Crippen LogP contribution in [0.2, 0.25) is 0 Å². The number of ether oxygens (including phenoxy) is 1. The number of rotatable bonds is 9. The van der Waals surface area contributed by atoms with Crippen molar-refractivity contribution in [2.75, 3.05) is 11.5 Å². The van der Waals surface area contributed by atoms with Crippen LogP contribution in [0.3, 0.4) is 0 Å². The number of nitrogens with zero attached hydrogens (tertiary/aromatic N) is 1. The van der Waals surface area contributed by atoms with Gasteiger partial charge in [-0.1, -0.05) is 79.2 Å². The lowest BCUT2D eigenvalue weighted by molar-refractivity contribution is -0.145. The number of benzene rings is 3. The zero-order chi connectivity index (χ0) is 21.5. The Balaban J connectivity index is 1.56. The van der Waals surface area contributed by atoms with Gasteiger partial charge in [0.05, 0.1) is 13.0 Å². The van der Waals surface area contributed by atoms with E-state index in [0.29, 0.717) is 13.0 Å². The van der Waals surface area contributed by atoms with Gasteiger partial charge >= 0.3 is 5.97 Å². The maximum absolute atomic E-state index is 12.2. The van der Waals surface area contributed by atoms with Crippen molar-refractivity contribution in [2.24, 2.45) is 0 Å². The molecule has 0 aromatic heterocycles. The average molecular weight is 414 g/mol. The molecule has 3 aromatic rings. The summed E-state index contributed by atoms with van der Waals surface area (Å²) in [5.41, 5.74) is 4.99. The molecular formula is C28H31NO2. The van der Waals surface area contributed by atoms with Crippen LogP contribution in [0.5, 0.6) is 0 Å². The SMILES string of the molecule is CCOC(=O)CC1(c2ccc(N(Cc3ccccc3)Cc3ccccc3)cc2)CCC1. The topological polar surface area (TPSA) is 29.5 Å². The Morgan fingerprint density at radius 2 is 1.39 bits per heavy atom. The summed E-state index contributed by atoms with van der Waals surface area (Å²) in [5, 5.41) is 0. The van der Waals surface area contributed by atoms with Gasteiger partial charge in [-0.2, -0.15) is 0 Å². The summed E-state index contributed by atoms with van der Waals surface area (Å²) in [6.45, 7) is 4.02. The fourth-order valence-electron chi connectivity index (χ4n) is 4.53. The maximum Gasteiger partial charge on any atom is 0.306 e. The molecule has 0 bridgehead atoms. The molecule has 160 valence electrons. The Morgan fingerprint density at radius 3 is 1.84 bits per heavy atom. The molecule has 3 nitrogen and oxygen atoms in total. The van der Waals surface area contributed by atoms with E-state index >= 15 is 0 Å². The molecule has 3 heteroatoms. The van der Waals surface area contributed by atoms with Gasteiger partial charge in [0.15, 0.2) is 0 Å². The van der Waals surface area contributed by atoms with E-state index in [1.54, 1.807) is 0 Å². The highest BCUT2D eigenvalue weighted by Crippen LogP contribution is 2.47. The first kappa shape index (κ1) is 21.2. The largest absolute Gasteiger partial charge is 0.466 e. The molecule has 4 rings (SSSR count). The van der Waals surface area contributed by atoms with Crippen LogP contribution in [0.4, 0.5) is 5.69 Å². The first-order valence-corrected chi connectivity index (χ1v) is 11.3. The van der Waals surface area contributed by atoms with E-state index < -0.39 is 0 Å². The third-order valence-corrected chi connectivity index (χ3v) is 6.38. The highest BCUT2D eigenvalue weighted by atomic mass is 16.5. The molecule has 0 radical (unpaired) electrons. The summed E-state index contributed by atoms with van der Waals surface area (Å²) >= 11 is 0. The minimum atomic E-state index is -0.0824. The van der Waals surface area contributed by atoms with Crippen LogP contribution in [-0.4, -0.2) is 12.6 Å². The molecule has 1 aliphatic rings. The summed E-state index contributed by atoms with van der Waals surface area (Å²) in [6.07, 6.45) is 3.78. The summed E-state index contributed by atoms with van der Waals surface area (Å²) < 4.78 is 5.24. The molecular weight excluding hydrogens is 382 g/mol. The number of anilines is 1. The molecule has 0 unspecified atom stereocenters. The van der Waals surface area contributed by atoms with E-state index in [2.05, 4.69) is 89.8 Å². The van der Waals surface area contributed by atoms with Crippen molar-refractivity contribution in [3.05, 3.63) is 102 Å². The van der Waals surface area contributed by atoms with Gasteiger partial charge in [0.2, 0.25) is 0 Å². The van der Waals surface area contributed by atoms with Gasteiger partial charge in [-0.05, 0) is 48.6 Å². The van der Waals surface area contributed by atoms with Gasteiger partial charge in [0.1, 0.15) is 0 Å². The highest BCUT2D eigenvalue weighted by Gasteiger charge is 2.40. The fraction of sp³-hybridized carbons (Fsp3) is 0.321. The summed E-state index contributed by atoms with van der Waals surface area (Å²) in [6, 6.07) is 30.1. The molecule has 0 spiro atoms. The molecule has 1 saturated carbocycles. The zero-order valence-electron chi connectivity index (χ0n) is 18.3. The van der Waals surface area contributed by atoms with Gasteiger partial charge in [0, 0.05) is 24.2 Å². The Kier molecular flexibility index (Phi) is 6.71.